The van der Waals surface area contributed by atoms with Gasteiger partial charge >= 0.3 is 0 Å². The molecule has 4 nitrogen and oxygen atoms in total. The highest BCUT2D eigenvalue weighted by Crippen LogP contribution is 2.23. The van der Waals surface area contributed by atoms with Crippen molar-refractivity contribution in [3.8, 4) is 11.1 Å². The van der Waals surface area contributed by atoms with E-state index >= 15 is 0 Å². The van der Waals surface area contributed by atoms with Gasteiger partial charge in [-0.2, -0.15) is 0 Å². The zero-order chi connectivity index (χ0) is 15.4. The summed E-state index contributed by atoms with van der Waals surface area (Å²) in [6, 6.07) is 9.98. The van der Waals surface area contributed by atoms with Crippen molar-refractivity contribution in [2.45, 2.75) is 25.9 Å². The SMILES string of the molecule is Cc1ccccc1-c1cncc(C(=O)NC[C@H]2CCCO2)c1. The van der Waals surface area contributed by atoms with E-state index in [1.54, 1.807) is 12.4 Å². The second-order valence-electron chi connectivity index (χ2n) is 5.62. The Morgan fingerprint density at radius 2 is 2.23 bits per heavy atom. The van der Waals surface area contributed by atoms with E-state index in [2.05, 4.69) is 23.3 Å². The molecule has 0 aliphatic carbocycles. The molecule has 1 fully saturated rings. The van der Waals surface area contributed by atoms with Crippen molar-refractivity contribution in [1.82, 2.24) is 10.3 Å². The number of hydrogen-bond donors (Lipinski definition) is 1. The van der Waals surface area contributed by atoms with Gasteiger partial charge in [0.1, 0.15) is 0 Å². The summed E-state index contributed by atoms with van der Waals surface area (Å²) in [5, 5.41) is 2.93. The number of pyridine rings is 1. The molecule has 2 aromatic rings. The molecule has 0 bridgehead atoms. The van der Waals surface area contributed by atoms with E-state index in [-0.39, 0.29) is 12.0 Å². The minimum absolute atomic E-state index is 0.0987. The average Bonchev–Trinajstić information content (AvgIpc) is 3.06. The third-order valence-electron chi connectivity index (χ3n) is 3.97. The Kier molecular flexibility index (Phi) is 4.49. The van der Waals surface area contributed by atoms with Crippen molar-refractivity contribution >= 4 is 5.91 Å². The number of amides is 1. The number of aromatic nitrogens is 1. The fraction of sp³-hybridized carbons (Fsp3) is 0.333. The normalized spacial score (nSPS) is 17.4. The Labute approximate surface area is 130 Å². The molecule has 114 valence electrons. The van der Waals surface area contributed by atoms with Gasteiger partial charge < -0.3 is 10.1 Å². The number of hydrogen-bond acceptors (Lipinski definition) is 3. The fourth-order valence-electron chi connectivity index (χ4n) is 2.72. The summed E-state index contributed by atoms with van der Waals surface area (Å²) in [6.07, 6.45) is 5.63. The molecule has 4 heteroatoms. The molecule has 1 N–H and O–H groups in total. The molecule has 1 amide bonds. The molecule has 0 spiro atoms. The van der Waals surface area contributed by atoms with Crippen LogP contribution in [0.2, 0.25) is 0 Å². The molecule has 22 heavy (non-hydrogen) atoms. The van der Waals surface area contributed by atoms with Crippen LogP contribution in [-0.4, -0.2) is 30.1 Å². The monoisotopic (exact) mass is 296 g/mol. The molecule has 0 saturated carbocycles. The van der Waals surface area contributed by atoms with Crippen LogP contribution in [0.3, 0.4) is 0 Å². The average molecular weight is 296 g/mol. The highest BCUT2D eigenvalue weighted by molar-refractivity contribution is 5.95. The standard InChI is InChI=1S/C18H20N2O2/c1-13-5-2-3-7-17(13)14-9-15(11-19-10-14)18(21)20-12-16-6-4-8-22-16/h2-3,5,7,9-11,16H,4,6,8,12H2,1H3,(H,20,21)/t16-/m1/s1. The Morgan fingerprint density at radius 1 is 1.36 bits per heavy atom. The van der Waals surface area contributed by atoms with Crippen LogP contribution in [0.25, 0.3) is 11.1 Å². The van der Waals surface area contributed by atoms with E-state index in [0.717, 1.165) is 30.6 Å². The third kappa shape index (κ3) is 3.34. The van der Waals surface area contributed by atoms with Crippen molar-refractivity contribution in [3.05, 3.63) is 53.9 Å². The Bertz CT molecular complexity index is 664. The van der Waals surface area contributed by atoms with Gasteiger partial charge in [-0.05, 0) is 37.0 Å². The predicted octanol–water partition coefficient (Wildman–Crippen LogP) is 2.97. The Hall–Kier alpha value is -2.20. The summed E-state index contributed by atoms with van der Waals surface area (Å²) in [4.78, 5) is 16.5. The molecule has 1 aliphatic heterocycles. The van der Waals surface area contributed by atoms with Crippen LogP contribution in [0.4, 0.5) is 0 Å². The number of nitrogens with zero attached hydrogens (tertiary/aromatic N) is 1. The van der Waals surface area contributed by atoms with E-state index < -0.39 is 0 Å². The Morgan fingerprint density at radius 3 is 3.00 bits per heavy atom. The lowest BCUT2D eigenvalue weighted by molar-refractivity contribution is 0.0857. The van der Waals surface area contributed by atoms with Crippen molar-refractivity contribution in [2.24, 2.45) is 0 Å². The highest BCUT2D eigenvalue weighted by atomic mass is 16.5. The van der Waals surface area contributed by atoms with Gasteiger partial charge in [-0.25, -0.2) is 0 Å². The van der Waals surface area contributed by atoms with Crippen molar-refractivity contribution in [3.63, 3.8) is 0 Å². The number of rotatable bonds is 4. The summed E-state index contributed by atoms with van der Waals surface area (Å²) in [6.45, 7) is 3.41. The number of aryl methyl sites for hydroxylation is 1. The maximum Gasteiger partial charge on any atom is 0.252 e. The minimum Gasteiger partial charge on any atom is -0.376 e. The summed E-state index contributed by atoms with van der Waals surface area (Å²) in [5.74, 6) is -0.0987. The highest BCUT2D eigenvalue weighted by Gasteiger charge is 2.17. The van der Waals surface area contributed by atoms with Gasteiger partial charge in [0.05, 0.1) is 11.7 Å². The van der Waals surface area contributed by atoms with E-state index in [0.29, 0.717) is 12.1 Å². The van der Waals surface area contributed by atoms with Gasteiger partial charge in [-0.1, -0.05) is 24.3 Å². The van der Waals surface area contributed by atoms with Crippen LogP contribution in [0.15, 0.2) is 42.7 Å². The number of carbonyl (C=O) groups is 1. The Balaban J connectivity index is 1.73. The maximum atomic E-state index is 12.3. The molecule has 1 saturated heterocycles. The lowest BCUT2D eigenvalue weighted by Crippen LogP contribution is -2.31. The van der Waals surface area contributed by atoms with Crippen molar-refractivity contribution in [1.29, 1.82) is 0 Å². The van der Waals surface area contributed by atoms with Gasteiger partial charge in [0, 0.05) is 31.1 Å². The number of benzene rings is 1. The van der Waals surface area contributed by atoms with Crippen LogP contribution in [0.1, 0.15) is 28.8 Å². The molecular formula is C18H20N2O2. The largest absolute Gasteiger partial charge is 0.376 e. The first kappa shape index (κ1) is 14.7. The van der Waals surface area contributed by atoms with Crippen LogP contribution in [-0.2, 0) is 4.74 Å². The van der Waals surface area contributed by atoms with E-state index in [4.69, 9.17) is 4.74 Å². The summed E-state index contributed by atoms with van der Waals surface area (Å²) >= 11 is 0. The molecule has 1 aromatic heterocycles. The molecule has 1 atom stereocenters. The van der Waals surface area contributed by atoms with Crippen LogP contribution in [0, 0.1) is 6.92 Å². The summed E-state index contributed by atoms with van der Waals surface area (Å²) in [7, 11) is 0. The number of ether oxygens (including phenoxy) is 1. The second kappa shape index (κ2) is 6.71. The van der Waals surface area contributed by atoms with Gasteiger partial charge in [0.15, 0.2) is 0 Å². The first-order valence-corrected chi connectivity index (χ1v) is 7.65. The van der Waals surface area contributed by atoms with Crippen LogP contribution >= 0.6 is 0 Å². The van der Waals surface area contributed by atoms with E-state index in [1.165, 1.54) is 5.56 Å². The quantitative estimate of drug-likeness (QED) is 0.943. The van der Waals surface area contributed by atoms with Gasteiger partial charge in [0.2, 0.25) is 0 Å². The van der Waals surface area contributed by atoms with Crippen LogP contribution < -0.4 is 5.32 Å². The van der Waals surface area contributed by atoms with E-state index in [1.807, 2.05) is 24.3 Å². The molecule has 0 unspecified atom stereocenters. The molecule has 3 rings (SSSR count). The third-order valence-corrected chi connectivity index (χ3v) is 3.97. The molecule has 1 aliphatic rings. The van der Waals surface area contributed by atoms with Crippen LogP contribution in [0.5, 0.6) is 0 Å². The van der Waals surface area contributed by atoms with Crippen molar-refractivity contribution in [2.75, 3.05) is 13.2 Å². The molecule has 1 aromatic carbocycles. The summed E-state index contributed by atoms with van der Waals surface area (Å²) in [5.41, 5.74) is 3.81. The van der Waals surface area contributed by atoms with E-state index in [9.17, 15) is 4.79 Å². The van der Waals surface area contributed by atoms with Gasteiger partial charge in [-0.15, -0.1) is 0 Å². The summed E-state index contributed by atoms with van der Waals surface area (Å²) < 4.78 is 5.52. The topological polar surface area (TPSA) is 51.2 Å². The number of carbonyl (C=O) groups excluding carboxylic acids is 1. The van der Waals surface area contributed by atoms with Crippen molar-refractivity contribution < 1.29 is 9.53 Å². The zero-order valence-corrected chi connectivity index (χ0v) is 12.7. The molecular weight excluding hydrogens is 276 g/mol. The zero-order valence-electron chi connectivity index (χ0n) is 12.7. The first-order valence-electron chi connectivity index (χ1n) is 7.65. The lowest BCUT2D eigenvalue weighted by atomic mass is 10.0. The first-order chi connectivity index (χ1) is 10.7. The lowest BCUT2D eigenvalue weighted by Gasteiger charge is -2.11. The second-order valence-corrected chi connectivity index (χ2v) is 5.62. The minimum atomic E-state index is -0.0987. The molecule has 2 heterocycles. The van der Waals surface area contributed by atoms with Gasteiger partial charge in [-0.3, -0.25) is 9.78 Å². The predicted molar refractivity (Wildman–Crippen MR) is 85.7 cm³/mol. The van der Waals surface area contributed by atoms with Gasteiger partial charge in [0.25, 0.3) is 5.91 Å². The maximum absolute atomic E-state index is 12.3. The smallest absolute Gasteiger partial charge is 0.252 e. The fourth-order valence-corrected chi connectivity index (χ4v) is 2.72. The molecule has 0 radical (unpaired) electrons. The number of nitrogens with one attached hydrogen (secondary N) is 1.